The highest BCUT2D eigenvalue weighted by Gasteiger charge is 2.04. The molecular formula is C9H8BrNS. The Morgan fingerprint density at radius 3 is 2.75 bits per heavy atom. The van der Waals surface area contributed by atoms with E-state index in [-0.39, 0.29) is 5.25 Å². The van der Waals surface area contributed by atoms with E-state index in [0.717, 1.165) is 9.37 Å². The molecule has 1 nitrogen and oxygen atoms in total. The lowest BCUT2D eigenvalue weighted by Crippen LogP contribution is -1.89. The van der Waals surface area contributed by atoms with Crippen molar-refractivity contribution >= 4 is 27.7 Å². The van der Waals surface area contributed by atoms with Crippen LogP contribution in [0.2, 0.25) is 0 Å². The van der Waals surface area contributed by atoms with Gasteiger partial charge in [0.15, 0.2) is 0 Å². The van der Waals surface area contributed by atoms with E-state index in [1.165, 1.54) is 0 Å². The van der Waals surface area contributed by atoms with Crippen LogP contribution in [0, 0.1) is 11.3 Å². The minimum atomic E-state index is 0.00343. The molecule has 1 aromatic rings. The van der Waals surface area contributed by atoms with E-state index in [9.17, 15) is 0 Å². The lowest BCUT2D eigenvalue weighted by molar-refractivity contribution is 1.23. The smallest absolute Gasteiger partial charge is 0.0936 e. The normalized spacial score (nSPS) is 12.1. The molecule has 0 aromatic heterocycles. The molecule has 0 saturated carbocycles. The molecule has 0 spiro atoms. The second-order valence-electron chi connectivity index (χ2n) is 2.32. The van der Waals surface area contributed by atoms with Crippen molar-refractivity contribution in [2.45, 2.75) is 17.1 Å². The lowest BCUT2D eigenvalue weighted by Gasteiger charge is -2.03. The van der Waals surface area contributed by atoms with E-state index in [1.54, 1.807) is 11.8 Å². The van der Waals surface area contributed by atoms with Gasteiger partial charge in [-0.25, -0.2) is 0 Å². The molecule has 0 N–H and O–H groups in total. The average Bonchev–Trinajstić information content (AvgIpc) is 2.09. The molecule has 0 aliphatic rings. The standard InChI is InChI=1S/C9H8BrNS/c1-7(6-11)12-9-5-3-2-4-8(9)10/h2-5,7H,1H3. The Morgan fingerprint density at radius 1 is 1.50 bits per heavy atom. The van der Waals surface area contributed by atoms with Crippen LogP contribution in [0.15, 0.2) is 33.6 Å². The van der Waals surface area contributed by atoms with Gasteiger partial charge in [-0.15, -0.1) is 11.8 Å². The summed E-state index contributed by atoms with van der Waals surface area (Å²) >= 11 is 4.99. The second kappa shape index (κ2) is 4.54. The van der Waals surface area contributed by atoms with E-state index in [4.69, 9.17) is 5.26 Å². The summed E-state index contributed by atoms with van der Waals surface area (Å²) in [5, 5.41) is 8.60. The number of hydrogen-bond donors (Lipinski definition) is 0. The van der Waals surface area contributed by atoms with Gasteiger partial charge in [-0.05, 0) is 35.0 Å². The van der Waals surface area contributed by atoms with Crippen LogP contribution in [-0.4, -0.2) is 5.25 Å². The van der Waals surface area contributed by atoms with Crippen LogP contribution in [0.1, 0.15) is 6.92 Å². The first-order chi connectivity index (χ1) is 5.74. The summed E-state index contributed by atoms with van der Waals surface area (Å²) in [5.41, 5.74) is 0. The Balaban J connectivity index is 2.77. The quantitative estimate of drug-likeness (QED) is 0.741. The van der Waals surface area contributed by atoms with Crippen LogP contribution in [0.5, 0.6) is 0 Å². The molecule has 0 radical (unpaired) electrons. The number of hydrogen-bond acceptors (Lipinski definition) is 2. The lowest BCUT2D eigenvalue weighted by atomic mass is 10.4. The van der Waals surface area contributed by atoms with Gasteiger partial charge < -0.3 is 0 Å². The molecule has 0 fully saturated rings. The van der Waals surface area contributed by atoms with Crippen LogP contribution < -0.4 is 0 Å². The van der Waals surface area contributed by atoms with Crippen molar-refractivity contribution in [3.63, 3.8) is 0 Å². The summed E-state index contributed by atoms with van der Waals surface area (Å²) in [4.78, 5) is 1.12. The van der Waals surface area contributed by atoms with Gasteiger partial charge >= 0.3 is 0 Å². The zero-order valence-corrected chi connectivity index (χ0v) is 9.02. The minimum Gasteiger partial charge on any atom is -0.197 e. The van der Waals surface area contributed by atoms with Gasteiger partial charge in [0.25, 0.3) is 0 Å². The van der Waals surface area contributed by atoms with Crippen molar-refractivity contribution in [3.05, 3.63) is 28.7 Å². The van der Waals surface area contributed by atoms with Gasteiger partial charge in [0.1, 0.15) is 0 Å². The third-order valence-corrected chi connectivity index (χ3v) is 3.35. The Bertz CT molecular complexity index is 306. The molecule has 0 saturated heterocycles. The van der Waals surface area contributed by atoms with Crippen LogP contribution in [0.3, 0.4) is 0 Å². The topological polar surface area (TPSA) is 23.8 Å². The molecule has 12 heavy (non-hydrogen) atoms. The summed E-state index contributed by atoms with van der Waals surface area (Å²) in [7, 11) is 0. The maximum atomic E-state index is 8.60. The van der Waals surface area contributed by atoms with E-state index in [2.05, 4.69) is 22.0 Å². The molecule has 0 aliphatic carbocycles. The molecule has 0 amide bonds. The molecule has 0 aliphatic heterocycles. The molecule has 62 valence electrons. The van der Waals surface area contributed by atoms with Crippen LogP contribution >= 0.6 is 27.7 Å². The van der Waals surface area contributed by atoms with Crippen LogP contribution in [0.4, 0.5) is 0 Å². The highest BCUT2D eigenvalue weighted by Crippen LogP contribution is 2.29. The van der Waals surface area contributed by atoms with Crippen molar-refractivity contribution in [2.75, 3.05) is 0 Å². The van der Waals surface area contributed by atoms with Crippen LogP contribution in [0.25, 0.3) is 0 Å². The Labute approximate surface area is 84.9 Å². The number of nitriles is 1. The van der Waals surface area contributed by atoms with Crippen molar-refractivity contribution < 1.29 is 0 Å². The van der Waals surface area contributed by atoms with Gasteiger partial charge in [-0.1, -0.05) is 12.1 Å². The summed E-state index contributed by atoms with van der Waals surface area (Å²) in [5.74, 6) is 0. The van der Waals surface area contributed by atoms with Gasteiger partial charge in [0.2, 0.25) is 0 Å². The van der Waals surface area contributed by atoms with Gasteiger partial charge in [-0.2, -0.15) is 5.26 Å². The zero-order valence-electron chi connectivity index (χ0n) is 6.62. The maximum absolute atomic E-state index is 8.60. The fourth-order valence-corrected chi connectivity index (χ4v) is 2.09. The monoisotopic (exact) mass is 241 g/mol. The molecule has 3 heteroatoms. The molecule has 1 atom stereocenters. The number of halogens is 1. The Morgan fingerprint density at radius 2 is 2.17 bits per heavy atom. The van der Waals surface area contributed by atoms with E-state index >= 15 is 0 Å². The first-order valence-electron chi connectivity index (χ1n) is 3.55. The average molecular weight is 242 g/mol. The van der Waals surface area contributed by atoms with E-state index < -0.39 is 0 Å². The van der Waals surface area contributed by atoms with Crippen molar-refractivity contribution in [1.82, 2.24) is 0 Å². The predicted octanol–water partition coefficient (Wildman–Crippen LogP) is 3.45. The molecule has 1 rings (SSSR count). The molecule has 1 unspecified atom stereocenters. The highest BCUT2D eigenvalue weighted by molar-refractivity contribution is 9.10. The molecular weight excluding hydrogens is 234 g/mol. The first kappa shape index (κ1) is 9.63. The van der Waals surface area contributed by atoms with Crippen LogP contribution in [-0.2, 0) is 0 Å². The minimum absolute atomic E-state index is 0.00343. The van der Waals surface area contributed by atoms with Gasteiger partial charge in [-0.3, -0.25) is 0 Å². The third kappa shape index (κ3) is 2.54. The van der Waals surface area contributed by atoms with Crippen molar-refractivity contribution in [2.24, 2.45) is 0 Å². The first-order valence-corrected chi connectivity index (χ1v) is 5.22. The summed E-state index contributed by atoms with van der Waals surface area (Å²) in [6.45, 7) is 1.89. The zero-order chi connectivity index (χ0) is 8.97. The third-order valence-electron chi connectivity index (χ3n) is 1.32. The predicted molar refractivity (Wildman–Crippen MR) is 55.1 cm³/mol. The van der Waals surface area contributed by atoms with E-state index in [1.807, 2.05) is 31.2 Å². The SMILES string of the molecule is CC(C#N)Sc1ccccc1Br. The number of rotatable bonds is 2. The number of benzene rings is 1. The molecule has 0 bridgehead atoms. The Hall–Kier alpha value is -0.460. The molecule has 0 heterocycles. The van der Waals surface area contributed by atoms with Gasteiger partial charge in [0.05, 0.1) is 11.3 Å². The van der Waals surface area contributed by atoms with Crippen molar-refractivity contribution in [3.8, 4) is 6.07 Å². The maximum Gasteiger partial charge on any atom is 0.0936 e. The summed E-state index contributed by atoms with van der Waals surface area (Å²) < 4.78 is 1.05. The second-order valence-corrected chi connectivity index (χ2v) is 4.56. The highest BCUT2D eigenvalue weighted by atomic mass is 79.9. The largest absolute Gasteiger partial charge is 0.197 e. The van der Waals surface area contributed by atoms with E-state index in [0.29, 0.717) is 0 Å². The van der Waals surface area contributed by atoms with Gasteiger partial charge in [0, 0.05) is 9.37 Å². The summed E-state index contributed by atoms with van der Waals surface area (Å²) in [6, 6.07) is 10.1. The fraction of sp³-hybridized carbons (Fsp3) is 0.222. The number of thioether (sulfide) groups is 1. The number of nitrogens with zero attached hydrogens (tertiary/aromatic N) is 1. The van der Waals surface area contributed by atoms with Crippen molar-refractivity contribution in [1.29, 1.82) is 5.26 Å². The Kier molecular flexibility index (Phi) is 3.64. The summed E-state index contributed by atoms with van der Waals surface area (Å²) in [6.07, 6.45) is 0. The fourth-order valence-electron chi connectivity index (χ4n) is 0.757. The molecule has 1 aromatic carbocycles.